The molecule has 5 heteroatoms. The fourth-order valence-corrected chi connectivity index (χ4v) is 4.50. The van der Waals surface area contributed by atoms with Crippen molar-refractivity contribution in [3.05, 3.63) is 51.3 Å². The molecule has 1 aliphatic rings. The smallest absolute Gasteiger partial charge is 0.267 e. The molecule has 1 aliphatic carbocycles. The van der Waals surface area contributed by atoms with E-state index in [0.29, 0.717) is 5.65 Å². The van der Waals surface area contributed by atoms with Crippen molar-refractivity contribution in [1.29, 1.82) is 0 Å². The molecule has 0 N–H and O–H groups in total. The van der Waals surface area contributed by atoms with Crippen LogP contribution in [0, 0.1) is 0 Å². The van der Waals surface area contributed by atoms with Crippen LogP contribution in [0.4, 0.5) is 0 Å². The molecule has 0 fully saturated rings. The van der Waals surface area contributed by atoms with Crippen molar-refractivity contribution in [1.82, 2.24) is 14.6 Å². The van der Waals surface area contributed by atoms with E-state index in [9.17, 15) is 4.79 Å². The Bertz CT molecular complexity index is 1090. The van der Waals surface area contributed by atoms with Crippen LogP contribution in [0.5, 0.6) is 0 Å². The molecule has 1 aromatic carbocycles. The normalized spacial score (nSPS) is 14.3. The van der Waals surface area contributed by atoms with E-state index in [1.54, 1.807) is 17.5 Å². The van der Waals surface area contributed by atoms with Crippen LogP contribution in [-0.2, 0) is 12.8 Å². The van der Waals surface area contributed by atoms with Crippen LogP contribution in [-0.4, -0.2) is 14.6 Å². The largest absolute Gasteiger partial charge is 0.283 e. The summed E-state index contributed by atoms with van der Waals surface area (Å²) in [4.78, 5) is 19.8. The number of thiophene rings is 1. The summed E-state index contributed by atoms with van der Waals surface area (Å²) in [5.41, 5.74) is 1.84. The van der Waals surface area contributed by atoms with Crippen molar-refractivity contribution in [2.24, 2.45) is 0 Å². The Labute approximate surface area is 123 Å². The number of nitrogens with zero attached hydrogens (tertiary/aromatic N) is 3. The van der Waals surface area contributed by atoms with Gasteiger partial charge in [-0.25, -0.2) is 4.98 Å². The van der Waals surface area contributed by atoms with Crippen LogP contribution >= 0.6 is 11.3 Å². The molecule has 0 bridgehead atoms. The van der Waals surface area contributed by atoms with Gasteiger partial charge in [0.25, 0.3) is 5.56 Å². The van der Waals surface area contributed by atoms with E-state index in [1.807, 2.05) is 24.3 Å². The Morgan fingerprint density at radius 3 is 3.05 bits per heavy atom. The molecule has 0 saturated carbocycles. The number of hydrogen-bond acceptors (Lipinski definition) is 4. The molecule has 3 aromatic heterocycles. The first-order valence-corrected chi connectivity index (χ1v) is 7.85. The van der Waals surface area contributed by atoms with Gasteiger partial charge in [-0.3, -0.25) is 4.79 Å². The zero-order valence-electron chi connectivity index (χ0n) is 11.2. The summed E-state index contributed by atoms with van der Waals surface area (Å²) in [6, 6.07) is 7.92. The number of aryl methyl sites for hydroxylation is 2. The molecular formula is C16H11N3OS. The minimum Gasteiger partial charge on any atom is -0.267 e. The third-order valence-electron chi connectivity index (χ3n) is 4.23. The van der Waals surface area contributed by atoms with E-state index in [4.69, 9.17) is 4.98 Å². The maximum absolute atomic E-state index is 12.8. The lowest BCUT2D eigenvalue weighted by atomic mass is 10.2. The Morgan fingerprint density at radius 2 is 2.10 bits per heavy atom. The predicted molar refractivity (Wildman–Crippen MR) is 84.2 cm³/mol. The molecule has 3 heterocycles. The zero-order chi connectivity index (χ0) is 14.0. The first kappa shape index (κ1) is 11.4. The summed E-state index contributed by atoms with van der Waals surface area (Å²) >= 11 is 1.67. The van der Waals surface area contributed by atoms with E-state index in [0.717, 1.165) is 40.3 Å². The molecule has 0 radical (unpaired) electrons. The number of benzene rings is 1. The lowest BCUT2D eigenvalue weighted by Gasteiger charge is -2.04. The Balaban J connectivity index is 2.06. The highest BCUT2D eigenvalue weighted by atomic mass is 32.1. The van der Waals surface area contributed by atoms with Crippen LogP contribution in [0.1, 0.15) is 16.9 Å². The van der Waals surface area contributed by atoms with E-state index in [1.165, 1.54) is 15.0 Å². The zero-order valence-corrected chi connectivity index (χ0v) is 12.0. The number of fused-ring (bicyclic) bond motifs is 6. The van der Waals surface area contributed by atoms with Crippen molar-refractivity contribution in [3.63, 3.8) is 0 Å². The predicted octanol–water partition coefficient (Wildman–Crippen LogP) is 2.95. The van der Waals surface area contributed by atoms with E-state index < -0.39 is 0 Å². The maximum Gasteiger partial charge on any atom is 0.283 e. The van der Waals surface area contributed by atoms with Crippen LogP contribution in [0.2, 0.25) is 0 Å². The minimum absolute atomic E-state index is 0.0276. The number of aromatic nitrogens is 3. The second kappa shape index (κ2) is 3.89. The summed E-state index contributed by atoms with van der Waals surface area (Å²) in [7, 11) is 0. The molecule has 21 heavy (non-hydrogen) atoms. The number of rotatable bonds is 0. The second-order valence-corrected chi connectivity index (χ2v) is 6.51. The molecule has 0 atom stereocenters. The fourth-order valence-electron chi connectivity index (χ4n) is 3.25. The van der Waals surface area contributed by atoms with Gasteiger partial charge < -0.3 is 0 Å². The van der Waals surface area contributed by atoms with E-state index >= 15 is 0 Å². The van der Waals surface area contributed by atoms with Gasteiger partial charge in [-0.2, -0.15) is 9.61 Å². The molecule has 102 valence electrons. The Kier molecular flexibility index (Phi) is 2.11. The van der Waals surface area contributed by atoms with Gasteiger partial charge in [-0.1, -0.05) is 24.3 Å². The lowest BCUT2D eigenvalue weighted by Crippen LogP contribution is -2.18. The third-order valence-corrected chi connectivity index (χ3v) is 5.42. The van der Waals surface area contributed by atoms with Crippen LogP contribution < -0.4 is 5.56 Å². The number of hydrogen-bond donors (Lipinski definition) is 0. The SMILES string of the molecule is O=c1c2c3c(sc2nc2c4ccccc4cnn12)CCC3. The maximum atomic E-state index is 12.8. The molecule has 0 unspecified atom stereocenters. The molecular weight excluding hydrogens is 282 g/mol. The molecule has 4 aromatic rings. The first-order chi connectivity index (χ1) is 10.3. The van der Waals surface area contributed by atoms with Crippen molar-refractivity contribution in [2.45, 2.75) is 19.3 Å². The van der Waals surface area contributed by atoms with E-state index in [-0.39, 0.29) is 5.56 Å². The van der Waals surface area contributed by atoms with Gasteiger partial charge >= 0.3 is 0 Å². The van der Waals surface area contributed by atoms with Gasteiger partial charge in [0.05, 0.1) is 11.6 Å². The molecule has 0 spiro atoms. The second-order valence-electron chi connectivity index (χ2n) is 5.42. The third kappa shape index (κ3) is 1.41. The van der Waals surface area contributed by atoms with Gasteiger partial charge in [0.15, 0.2) is 5.65 Å². The first-order valence-electron chi connectivity index (χ1n) is 7.04. The van der Waals surface area contributed by atoms with Crippen molar-refractivity contribution in [3.8, 4) is 0 Å². The average molecular weight is 293 g/mol. The summed E-state index contributed by atoms with van der Waals surface area (Å²) < 4.78 is 1.45. The molecule has 0 amide bonds. The highest BCUT2D eigenvalue weighted by molar-refractivity contribution is 7.18. The van der Waals surface area contributed by atoms with Crippen molar-refractivity contribution >= 4 is 38.0 Å². The Hall–Kier alpha value is -2.27. The standard InChI is InChI=1S/C16H11N3OS/c20-16-13-11-6-3-7-12(11)21-15(13)18-14-10-5-2-1-4-9(10)8-17-19(14)16/h1-2,4-5,8H,3,6-7H2. The highest BCUT2D eigenvalue weighted by Gasteiger charge is 2.22. The highest BCUT2D eigenvalue weighted by Crippen LogP contribution is 2.35. The van der Waals surface area contributed by atoms with Crippen molar-refractivity contribution < 1.29 is 0 Å². The van der Waals surface area contributed by atoms with Crippen LogP contribution in [0.15, 0.2) is 35.3 Å². The van der Waals surface area contributed by atoms with Gasteiger partial charge in [0.2, 0.25) is 0 Å². The average Bonchev–Trinajstić information content (AvgIpc) is 3.07. The lowest BCUT2D eigenvalue weighted by molar-refractivity contribution is 0.887. The quantitative estimate of drug-likeness (QED) is 0.468. The van der Waals surface area contributed by atoms with Crippen LogP contribution in [0.3, 0.4) is 0 Å². The minimum atomic E-state index is -0.0276. The summed E-state index contributed by atoms with van der Waals surface area (Å²) in [6.45, 7) is 0. The molecule has 0 aliphatic heterocycles. The molecule has 4 nitrogen and oxygen atoms in total. The fraction of sp³-hybridized carbons (Fsp3) is 0.188. The summed E-state index contributed by atoms with van der Waals surface area (Å²) in [6.07, 6.45) is 4.95. The summed E-state index contributed by atoms with van der Waals surface area (Å²) in [5, 5.41) is 7.07. The summed E-state index contributed by atoms with van der Waals surface area (Å²) in [5.74, 6) is 0. The van der Waals surface area contributed by atoms with Gasteiger partial charge in [0, 0.05) is 15.6 Å². The monoisotopic (exact) mass is 293 g/mol. The van der Waals surface area contributed by atoms with Crippen molar-refractivity contribution in [2.75, 3.05) is 0 Å². The van der Waals surface area contributed by atoms with E-state index in [2.05, 4.69) is 5.10 Å². The van der Waals surface area contributed by atoms with Gasteiger partial charge in [-0.15, -0.1) is 11.3 Å². The van der Waals surface area contributed by atoms with Crippen LogP contribution in [0.25, 0.3) is 26.6 Å². The molecule has 5 rings (SSSR count). The van der Waals surface area contributed by atoms with Gasteiger partial charge in [0.1, 0.15) is 4.83 Å². The topological polar surface area (TPSA) is 47.3 Å². The van der Waals surface area contributed by atoms with Gasteiger partial charge in [-0.05, 0) is 24.8 Å². The Morgan fingerprint density at radius 1 is 1.19 bits per heavy atom. The molecule has 0 saturated heterocycles.